The molecule has 1 saturated heterocycles. The summed E-state index contributed by atoms with van der Waals surface area (Å²) in [7, 11) is -3.62. The molecule has 28 heavy (non-hydrogen) atoms. The number of carbonyl (C=O) groups excluding carboxylic acids is 1. The van der Waals surface area contributed by atoms with E-state index in [0.717, 1.165) is 16.8 Å². The number of piperidine rings is 1. The SMILES string of the molecule is Cc1cccc(C)c1NC(=O)C1CCN(S(=O)(=O)Cc2ccccc2F)CC1. The Morgan fingerprint density at radius 2 is 1.68 bits per heavy atom. The number of aryl methyl sites for hydroxylation is 2. The van der Waals surface area contributed by atoms with E-state index in [1.807, 2.05) is 32.0 Å². The molecular formula is C21H25FN2O3S. The lowest BCUT2D eigenvalue weighted by Gasteiger charge is -2.30. The van der Waals surface area contributed by atoms with Gasteiger partial charge in [-0.1, -0.05) is 36.4 Å². The highest BCUT2D eigenvalue weighted by Crippen LogP contribution is 2.25. The molecule has 0 unspecified atom stereocenters. The van der Waals surface area contributed by atoms with Crippen LogP contribution in [0.5, 0.6) is 0 Å². The van der Waals surface area contributed by atoms with E-state index >= 15 is 0 Å². The first kappa shape index (κ1) is 20.5. The van der Waals surface area contributed by atoms with E-state index in [9.17, 15) is 17.6 Å². The number of nitrogens with one attached hydrogen (secondary N) is 1. The highest BCUT2D eigenvalue weighted by Gasteiger charge is 2.31. The van der Waals surface area contributed by atoms with Gasteiger partial charge in [0.05, 0.1) is 5.75 Å². The van der Waals surface area contributed by atoms with Gasteiger partial charge < -0.3 is 5.32 Å². The van der Waals surface area contributed by atoms with Crippen molar-refractivity contribution in [1.82, 2.24) is 4.31 Å². The summed E-state index contributed by atoms with van der Waals surface area (Å²) < 4.78 is 40.4. The summed E-state index contributed by atoms with van der Waals surface area (Å²) in [6, 6.07) is 11.7. The van der Waals surface area contributed by atoms with Gasteiger partial charge in [-0.3, -0.25) is 4.79 Å². The van der Waals surface area contributed by atoms with Gasteiger partial charge in [0.2, 0.25) is 15.9 Å². The first-order valence-corrected chi connectivity index (χ1v) is 11.0. The van der Waals surface area contributed by atoms with Crippen LogP contribution in [0.1, 0.15) is 29.5 Å². The van der Waals surface area contributed by atoms with E-state index in [0.29, 0.717) is 12.8 Å². The Hall–Kier alpha value is -2.25. The molecule has 1 N–H and O–H groups in total. The maximum atomic E-state index is 13.8. The number of hydrogen-bond acceptors (Lipinski definition) is 3. The summed E-state index contributed by atoms with van der Waals surface area (Å²) in [6.45, 7) is 4.42. The van der Waals surface area contributed by atoms with E-state index in [4.69, 9.17) is 0 Å². The number of sulfonamides is 1. The van der Waals surface area contributed by atoms with Crippen LogP contribution in [-0.2, 0) is 20.6 Å². The molecule has 0 saturated carbocycles. The molecule has 7 heteroatoms. The predicted octanol–water partition coefficient (Wildman–Crippen LogP) is 3.62. The van der Waals surface area contributed by atoms with Gasteiger partial charge in [0.25, 0.3) is 0 Å². The maximum Gasteiger partial charge on any atom is 0.227 e. The molecule has 0 atom stereocenters. The van der Waals surface area contributed by atoms with E-state index in [1.54, 1.807) is 6.07 Å². The third-order valence-electron chi connectivity index (χ3n) is 5.24. The van der Waals surface area contributed by atoms with Gasteiger partial charge in [-0.2, -0.15) is 0 Å². The fourth-order valence-electron chi connectivity index (χ4n) is 3.54. The molecule has 0 radical (unpaired) electrons. The Balaban J connectivity index is 1.61. The van der Waals surface area contributed by atoms with Gasteiger partial charge in [-0.15, -0.1) is 0 Å². The number of benzene rings is 2. The van der Waals surface area contributed by atoms with Gasteiger partial charge >= 0.3 is 0 Å². The van der Waals surface area contributed by atoms with Crippen molar-refractivity contribution in [3.8, 4) is 0 Å². The first-order valence-electron chi connectivity index (χ1n) is 9.36. The molecule has 5 nitrogen and oxygen atoms in total. The Kier molecular flexibility index (Phi) is 6.15. The average Bonchev–Trinajstić information content (AvgIpc) is 2.66. The topological polar surface area (TPSA) is 66.5 Å². The lowest BCUT2D eigenvalue weighted by molar-refractivity contribution is -0.120. The standard InChI is InChI=1S/C21H25FN2O3S/c1-15-6-5-7-16(2)20(15)23-21(25)17-10-12-24(13-11-17)28(26,27)14-18-8-3-4-9-19(18)22/h3-9,17H,10-14H2,1-2H3,(H,23,25). The second-order valence-electron chi connectivity index (χ2n) is 7.28. The highest BCUT2D eigenvalue weighted by atomic mass is 32.2. The molecule has 3 rings (SSSR count). The Morgan fingerprint density at radius 1 is 1.07 bits per heavy atom. The number of halogens is 1. The molecule has 1 fully saturated rings. The Morgan fingerprint density at radius 3 is 2.29 bits per heavy atom. The maximum absolute atomic E-state index is 13.8. The van der Waals surface area contributed by atoms with Crippen molar-refractivity contribution in [2.45, 2.75) is 32.4 Å². The molecular weight excluding hydrogens is 379 g/mol. The molecule has 2 aromatic carbocycles. The van der Waals surface area contributed by atoms with Crippen molar-refractivity contribution < 1.29 is 17.6 Å². The van der Waals surface area contributed by atoms with E-state index in [2.05, 4.69) is 5.32 Å². The fraction of sp³-hybridized carbons (Fsp3) is 0.381. The van der Waals surface area contributed by atoms with Crippen LogP contribution in [0.15, 0.2) is 42.5 Å². The molecule has 0 aliphatic carbocycles. The summed E-state index contributed by atoms with van der Waals surface area (Å²) in [5.41, 5.74) is 2.98. The van der Waals surface area contributed by atoms with E-state index in [1.165, 1.54) is 22.5 Å². The first-order chi connectivity index (χ1) is 13.3. The Bertz CT molecular complexity index is 947. The summed E-state index contributed by atoms with van der Waals surface area (Å²) in [5.74, 6) is -1.20. The van der Waals surface area contributed by atoms with Gasteiger partial charge in [0, 0.05) is 30.3 Å². The molecule has 1 aliphatic heterocycles. The summed E-state index contributed by atoms with van der Waals surface area (Å²) in [5, 5.41) is 2.99. The monoisotopic (exact) mass is 404 g/mol. The van der Waals surface area contributed by atoms with E-state index in [-0.39, 0.29) is 36.2 Å². The second kappa shape index (κ2) is 8.41. The Labute approximate surface area is 165 Å². The van der Waals surface area contributed by atoms with Crippen LogP contribution >= 0.6 is 0 Å². The third-order valence-corrected chi connectivity index (χ3v) is 7.07. The zero-order valence-corrected chi connectivity index (χ0v) is 16.9. The van der Waals surface area contributed by atoms with E-state index < -0.39 is 15.8 Å². The van der Waals surface area contributed by atoms with Gasteiger partial charge in [0.15, 0.2) is 0 Å². The summed E-state index contributed by atoms with van der Waals surface area (Å²) in [6.07, 6.45) is 0.903. The van der Waals surface area contributed by atoms with Crippen molar-refractivity contribution >= 4 is 21.6 Å². The number of rotatable bonds is 5. The number of hydrogen-bond donors (Lipinski definition) is 1. The van der Waals surface area contributed by atoms with Crippen LogP contribution < -0.4 is 5.32 Å². The minimum Gasteiger partial charge on any atom is -0.325 e. The number of nitrogens with zero attached hydrogens (tertiary/aromatic N) is 1. The molecule has 1 amide bonds. The third kappa shape index (κ3) is 4.59. The quantitative estimate of drug-likeness (QED) is 0.828. The molecule has 1 heterocycles. The average molecular weight is 405 g/mol. The van der Waals surface area contributed by atoms with Crippen molar-refractivity contribution in [2.75, 3.05) is 18.4 Å². The van der Waals surface area contributed by atoms with Crippen LogP contribution in [0.4, 0.5) is 10.1 Å². The fourth-order valence-corrected chi connectivity index (χ4v) is 5.11. The molecule has 150 valence electrons. The van der Waals surface area contributed by atoms with Crippen LogP contribution in [0.2, 0.25) is 0 Å². The smallest absolute Gasteiger partial charge is 0.227 e. The van der Waals surface area contributed by atoms with Crippen LogP contribution in [0.3, 0.4) is 0 Å². The normalized spacial score (nSPS) is 16.1. The van der Waals surface area contributed by atoms with Crippen molar-refractivity contribution in [1.29, 1.82) is 0 Å². The van der Waals surface area contributed by atoms with Gasteiger partial charge in [0.1, 0.15) is 5.82 Å². The van der Waals surface area contributed by atoms with Gasteiger partial charge in [-0.05, 0) is 43.9 Å². The minimum atomic E-state index is -3.62. The van der Waals surface area contributed by atoms with Crippen LogP contribution in [-0.4, -0.2) is 31.7 Å². The molecule has 1 aliphatic rings. The predicted molar refractivity (Wildman–Crippen MR) is 108 cm³/mol. The number of carbonyl (C=O) groups is 1. The zero-order chi connectivity index (χ0) is 20.3. The number of anilines is 1. The second-order valence-corrected chi connectivity index (χ2v) is 9.25. The van der Waals surface area contributed by atoms with Gasteiger partial charge in [-0.25, -0.2) is 17.1 Å². The highest BCUT2D eigenvalue weighted by molar-refractivity contribution is 7.88. The van der Waals surface area contributed by atoms with Crippen molar-refractivity contribution in [3.63, 3.8) is 0 Å². The molecule has 2 aromatic rings. The minimum absolute atomic E-state index is 0.0800. The molecule has 0 bridgehead atoms. The molecule has 0 spiro atoms. The van der Waals surface area contributed by atoms with Crippen LogP contribution in [0, 0.1) is 25.6 Å². The molecule has 0 aromatic heterocycles. The van der Waals surface area contributed by atoms with Crippen molar-refractivity contribution in [2.24, 2.45) is 5.92 Å². The van der Waals surface area contributed by atoms with Crippen LogP contribution in [0.25, 0.3) is 0 Å². The summed E-state index contributed by atoms with van der Waals surface area (Å²) in [4.78, 5) is 12.6. The number of para-hydroxylation sites is 1. The zero-order valence-electron chi connectivity index (χ0n) is 16.1. The lowest BCUT2D eigenvalue weighted by Crippen LogP contribution is -2.42. The summed E-state index contributed by atoms with van der Waals surface area (Å²) >= 11 is 0. The van der Waals surface area contributed by atoms with Crippen molar-refractivity contribution in [3.05, 3.63) is 65.0 Å². The largest absolute Gasteiger partial charge is 0.325 e. The lowest BCUT2D eigenvalue weighted by atomic mass is 9.96. The number of amides is 1.